The summed E-state index contributed by atoms with van der Waals surface area (Å²) in [6.07, 6.45) is 3.98. The highest BCUT2D eigenvalue weighted by molar-refractivity contribution is 6.09. The van der Waals surface area contributed by atoms with Gasteiger partial charge in [0.15, 0.2) is 17.0 Å². The van der Waals surface area contributed by atoms with E-state index in [-0.39, 0.29) is 88.6 Å². The number of aromatic hydroxyl groups is 1. The van der Waals surface area contributed by atoms with Crippen LogP contribution in [0.25, 0.3) is 44.4 Å². The number of carboxylic acids is 1. The summed E-state index contributed by atoms with van der Waals surface area (Å²) >= 11 is 0. The fraction of sp³-hybridized carbons (Fsp3) is 0.364. The molecule has 2 atom stereocenters. The van der Waals surface area contributed by atoms with E-state index < -0.39 is 42.0 Å². The highest BCUT2D eigenvalue weighted by atomic mass is 16.4. The zero-order valence-electron chi connectivity index (χ0n) is 40.8. The van der Waals surface area contributed by atoms with Crippen molar-refractivity contribution >= 4 is 63.1 Å². The molecule has 0 fully saturated rings. The Kier molecular flexibility index (Phi) is 18.4. The molecule has 6 N–H and O–H groups in total. The van der Waals surface area contributed by atoms with Crippen molar-refractivity contribution in [2.45, 2.75) is 110 Å². The van der Waals surface area contributed by atoms with Gasteiger partial charge in [-0.05, 0) is 104 Å². The number of phenolic OH excluding ortho intramolecular Hbond substituents is 1. The number of hydrogen-bond acceptors (Lipinski definition) is 12. The van der Waals surface area contributed by atoms with Crippen LogP contribution in [0.2, 0.25) is 0 Å². The number of carbonyl (C=O) groups excluding carboxylic acids is 6. The van der Waals surface area contributed by atoms with Crippen LogP contribution >= 0.6 is 0 Å². The van der Waals surface area contributed by atoms with Gasteiger partial charge in [-0.1, -0.05) is 51.0 Å². The standard InChI is InChI=1S/C55H60N4O13/c1-31(2)23-44(54(68)57-30-51(66)58-43(11-9-10-22-56-33(4)60)46(64)25-34-14-18-38-32(3)24-52(67)72-47(38)26-34)59-50(65)13-8-6-5-7-12-45(63)35-15-19-39(42(27-35)55(69)70)53-40-20-16-36(61)28-48(40)71-49-29-37(62)17-21-41(49)53/h14-21,24,26-29,31,43-44,61H,5-13,22-23,25,30H2,1-4H3,(H,56,60)(H,57,68)(H,58,66)(H,59,65)(H,69,70)/t43-,44-/m0/s1. The van der Waals surface area contributed by atoms with Gasteiger partial charge in [0.05, 0.1) is 18.2 Å². The number of carbonyl (C=O) groups is 7. The summed E-state index contributed by atoms with van der Waals surface area (Å²) in [5, 5.41) is 32.5. The molecule has 1 aliphatic heterocycles. The van der Waals surface area contributed by atoms with E-state index in [0.717, 1.165) is 10.9 Å². The van der Waals surface area contributed by atoms with E-state index in [1.165, 1.54) is 43.3 Å². The largest absolute Gasteiger partial charge is 0.508 e. The minimum Gasteiger partial charge on any atom is -0.508 e. The number of Topliss-reactive ketones (excluding diaryl/α,β-unsaturated/α-hetero) is 2. The zero-order valence-corrected chi connectivity index (χ0v) is 40.8. The number of nitrogens with one attached hydrogen (secondary N) is 4. The normalized spacial score (nSPS) is 12.1. The summed E-state index contributed by atoms with van der Waals surface area (Å²) in [4.78, 5) is 115. The van der Waals surface area contributed by atoms with E-state index >= 15 is 0 Å². The third kappa shape index (κ3) is 14.6. The van der Waals surface area contributed by atoms with Gasteiger partial charge in [-0.3, -0.25) is 33.6 Å². The number of amides is 4. The average molecular weight is 985 g/mol. The van der Waals surface area contributed by atoms with Gasteiger partial charge in [0.2, 0.25) is 23.6 Å². The monoisotopic (exact) mass is 984 g/mol. The van der Waals surface area contributed by atoms with Gasteiger partial charge in [-0.2, -0.15) is 0 Å². The quantitative estimate of drug-likeness (QED) is 0.0144. The first-order chi connectivity index (χ1) is 34.4. The van der Waals surface area contributed by atoms with Gasteiger partial charge < -0.3 is 40.3 Å². The Morgan fingerprint density at radius 2 is 1.39 bits per heavy atom. The molecule has 4 amide bonds. The van der Waals surface area contributed by atoms with Crippen LogP contribution in [0.15, 0.2) is 97.3 Å². The lowest BCUT2D eigenvalue weighted by molar-refractivity contribution is -0.131. The first kappa shape index (κ1) is 53.4. The van der Waals surface area contributed by atoms with Crippen molar-refractivity contribution in [2.75, 3.05) is 13.1 Å². The van der Waals surface area contributed by atoms with Crippen molar-refractivity contribution in [3.8, 4) is 28.2 Å². The summed E-state index contributed by atoms with van der Waals surface area (Å²) in [6, 6.07) is 17.8. The smallest absolute Gasteiger partial charge is 0.336 e. The van der Waals surface area contributed by atoms with E-state index in [4.69, 9.17) is 8.83 Å². The van der Waals surface area contributed by atoms with Gasteiger partial charge >= 0.3 is 11.6 Å². The minimum atomic E-state index is -1.26. The second kappa shape index (κ2) is 24.7. The number of unbranched alkanes of at least 4 members (excludes halogenated alkanes) is 4. The van der Waals surface area contributed by atoms with Crippen LogP contribution in [0.5, 0.6) is 5.75 Å². The van der Waals surface area contributed by atoms with Crippen LogP contribution in [-0.4, -0.2) is 76.6 Å². The van der Waals surface area contributed by atoms with Crippen LogP contribution in [0, 0.1) is 12.8 Å². The van der Waals surface area contributed by atoms with Gasteiger partial charge in [0.25, 0.3) is 0 Å². The summed E-state index contributed by atoms with van der Waals surface area (Å²) in [5.74, 6) is -3.38. The third-order valence-corrected chi connectivity index (χ3v) is 12.3. The van der Waals surface area contributed by atoms with E-state index in [1.54, 1.807) is 49.4 Å². The Labute approximate surface area is 415 Å². The van der Waals surface area contributed by atoms with Crippen molar-refractivity contribution in [1.29, 1.82) is 0 Å². The number of aryl methyl sites for hydroxylation is 1. The SMILES string of the molecule is CC(=O)NCCCC[C@H](NC(=O)CNC(=O)[C@H](CC(C)C)NC(=O)CCCCCCC(=O)c1ccc(-c2c3ccc(=O)cc-3oc3cc(O)ccc23)c(C(=O)O)c1)C(=O)Cc1ccc2c(C)cc(=O)oc2c1. The van der Waals surface area contributed by atoms with Crippen LogP contribution < -0.4 is 32.3 Å². The van der Waals surface area contributed by atoms with Gasteiger partial charge in [-0.25, -0.2) is 9.59 Å². The maximum absolute atomic E-state index is 13.6. The molecule has 2 aliphatic rings. The molecule has 0 saturated heterocycles. The molecule has 0 saturated carbocycles. The van der Waals surface area contributed by atoms with Gasteiger partial charge in [0.1, 0.15) is 28.7 Å². The minimum absolute atomic E-state index is 0.0133. The topological polar surface area (TPSA) is 268 Å². The lowest BCUT2D eigenvalue weighted by Crippen LogP contribution is -2.51. The molecule has 0 bridgehead atoms. The second-order valence-electron chi connectivity index (χ2n) is 18.5. The molecule has 3 aromatic carbocycles. The molecular weight excluding hydrogens is 925 g/mol. The molecule has 0 spiro atoms. The molecule has 17 nitrogen and oxygen atoms in total. The highest BCUT2D eigenvalue weighted by Gasteiger charge is 2.26. The highest BCUT2D eigenvalue weighted by Crippen LogP contribution is 2.42. The van der Waals surface area contributed by atoms with Crippen molar-refractivity contribution in [3.63, 3.8) is 0 Å². The number of ketones is 2. The van der Waals surface area contributed by atoms with E-state index in [0.29, 0.717) is 84.7 Å². The average Bonchev–Trinajstić information content (AvgIpc) is 3.32. The van der Waals surface area contributed by atoms with Crippen molar-refractivity contribution < 1.29 is 52.6 Å². The maximum Gasteiger partial charge on any atom is 0.336 e. The Morgan fingerprint density at radius 1 is 0.681 bits per heavy atom. The van der Waals surface area contributed by atoms with Crippen LogP contribution in [0.1, 0.15) is 117 Å². The lowest BCUT2D eigenvalue weighted by Gasteiger charge is -2.21. The predicted molar refractivity (Wildman–Crippen MR) is 270 cm³/mol. The van der Waals surface area contributed by atoms with Crippen LogP contribution in [0.4, 0.5) is 0 Å². The Morgan fingerprint density at radius 3 is 2.12 bits per heavy atom. The number of phenols is 1. The summed E-state index contributed by atoms with van der Waals surface area (Å²) in [5.41, 5.74) is 2.42. The molecule has 0 radical (unpaired) electrons. The Bertz CT molecular complexity index is 3100. The fourth-order valence-electron chi connectivity index (χ4n) is 8.69. The van der Waals surface area contributed by atoms with Crippen LogP contribution in [-0.2, 0) is 30.4 Å². The molecule has 378 valence electrons. The number of hydrogen-bond donors (Lipinski definition) is 6. The molecule has 0 unspecified atom stereocenters. The fourth-order valence-corrected chi connectivity index (χ4v) is 8.69. The lowest BCUT2D eigenvalue weighted by atomic mass is 9.89. The molecule has 1 aromatic heterocycles. The molecule has 4 aromatic rings. The molecule has 6 rings (SSSR count). The predicted octanol–water partition coefficient (Wildman–Crippen LogP) is 7.16. The van der Waals surface area contributed by atoms with E-state index in [2.05, 4.69) is 21.3 Å². The Hall–Kier alpha value is -7.95. The van der Waals surface area contributed by atoms with E-state index in [1.807, 2.05) is 13.8 Å². The van der Waals surface area contributed by atoms with Crippen molar-refractivity contribution in [2.24, 2.45) is 5.92 Å². The number of aromatic carboxylic acids is 1. The van der Waals surface area contributed by atoms with Crippen LogP contribution in [0.3, 0.4) is 0 Å². The number of rotatable bonds is 25. The number of fused-ring (bicyclic) bond motifs is 3. The molecule has 17 heteroatoms. The van der Waals surface area contributed by atoms with E-state index in [9.17, 15) is 53.4 Å². The van der Waals surface area contributed by atoms with Gasteiger partial charge in [0, 0.05) is 78.4 Å². The van der Waals surface area contributed by atoms with Crippen molar-refractivity contribution in [1.82, 2.24) is 21.3 Å². The first-order valence-corrected chi connectivity index (χ1v) is 24.1. The number of carboxylic acid groups (broad SMARTS) is 1. The Balaban J connectivity index is 0.982. The van der Waals surface area contributed by atoms with Crippen molar-refractivity contribution in [3.05, 3.63) is 122 Å². The number of benzene rings is 4. The first-order valence-electron chi connectivity index (χ1n) is 24.1. The molecule has 1 aliphatic carbocycles. The third-order valence-electron chi connectivity index (χ3n) is 12.3. The zero-order chi connectivity index (χ0) is 52.1. The summed E-state index contributed by atoms with van der Waals surface area (Å²) < 4.78 is 11.2. The molecular formula is C55H60N4O13. The molecule has 72 heavy (non-hydrogen) atoms. The molecule has 2 heterocycles. The van der Waals surface area contributed by atoms with Gasteiger partial charge in [-0.15, -0.1) is 0 Å². The summed E-state index contributed by atoms with van der Waals surface area (Å²) in [7, 11) is 0. The maximum atomic E-state index is 13.6. The summed E-state index contributed by atoms with van der Waals surface area (Å²) in [6.45, 7) is 6.93. The second-order valence-corrected chi connectivity index (χ2v) is 18.5.